The van der Waals surface area contributed by atoms with Crippen LogP contribution in [0, 0.1) is 0 Å². The predicted molar refractivity (Wildman–Crippen MR) is 105 cm³/mol. The Labute approximate surface area is 161 Å². The molecule has 25 heavy (non-hydrogen) atoms. The summed E-state index contributed by atoms with van der Waals surface area (Å²) < 4.78 is 22.2. The zero-order chi connectivity index (χ0) is 18.4. The van der Waals surface area contributed by atoms with E-state index in [2.05, 4.69) is 5.32 Å². The minimum atomic E-state index is -3.10. The first-order chi connectivity index (χ1) is 11.7. The quantitative estimate of drug-likeness (QED) is 0.689. The summed E-state index contributed by atoms with van der Waals surface area (Å²) in [4.78, 5) is 13.0. The van der Waals surface area contributed by atoms with E-state index in [0.29, 0.717) is 21.4 Å². The van der Waals surface area contributed by atoms with E-state index < -0.39 is 9.84 Å². The number of hydrogen-bond acceptors (Lipinski definition) is 4. The molecule has 4 nitrogen and oxygen atoms in total. The van der Waals surface area contributed by atoms with Crippen LogP contribution in [0.5, 0.6) is 0 Å². The van der Waals surface area contributed by atoms with Crippen molar-refractivity contribution in [3.63, 3.8) is 0 Å². The Morgan fingerprint density at radius 3 is 2.64 bits per heavy atom. The molecule has 2 aromatic carbocycles. The molecule has 0 aliphatic heterocycles. The first-order valence-corrected chi connectivity index (χ1v) is 11.2. The summed E-state index contributed by atoms with van der Waals surface area (Å²) in [6, 6.07) is 12.5. The monoisotopic (exact) mass is 417 g/mol. The van der Waals surface area contributed by atoms with Gasteiger partial charge < -0.3 is 5.32 Å². The number of rotatable bonds is 7. The van der Waals surface area contributed by atoms with Gasteiger partial charge in [0.25, 0.3) is 5.91 Å². The average Bonchev–Trinajstić information content (AvgIpc) is 2.54. The molecule has 0 saturated heterocycles. The first-order valence-electron chi connectivity index (χ1n) is 7.37. The smallest absolute Gasteiger partial charge is 0.251 e. The van der Waals surface area contributed by atoms with Crippen LogP contribution >= 0.6 is 35.0 Å². The van der Waals surface area contributed by atoms with Crippen LogP contribution < -0.4 is 5.32 Å². The van der Waals surface area contributed by atoms with E-state index in [4.69, 9.17) is 23.2 Å². The molecule has 0 heterocycles. The highest BCUT2D eigenvalue weighted by Crippen LogP contribution is 2.32. The zero-order valence-electron chi connectivity index (χ0n) is 13.5. The van der Waals surface area contributed by atoms with Crippen LogP contribution in [0.25, 0.3) is 0 Å². The molecule has 1 amide bonds. The summed E-state index contributed by atoms with van der Waals surface area (Å²) in [5.74, 6) is 0.253. The SMILES string of the molecule is CS(=O)(=O)CCNC(=O)c1cccc(CSc2cc(Cl)ccc2Cl)c1. The van der Waals surface area contributed by atoms with Crippen molar-refractivity contribution >= 4 is 50.7 Å². The van der Waals surface area contributed by atoms with Gasteiger partial charge in [0, 0.05) is 34.0 Å². The lowest BCUT2D eigenvalue weighted by Gasteiger charge is -2.08. The molecular weight excluding hydrogens is 401 g/mol. The number of carbonyl (C=O) groups is 1. The maximum absolute atomic E-state index is 12.1. The molecule has 0 unspecified atom stereocenters. The third kappa shape index (κ3) is 6.90. The van der Waals surface area contributed by atoms with Crippen LogP contribution in [0.3, 0.4) is 0 Å². The third-order valence-electron chi connectivity index (χ3n) is 3.24. The van der Waals surface area contributed by atoms with Crippen molar-refractivity contribution in [2.45, 2.75) is 10.6 Å². The maximum atomic E-state index is 12.1. The number of amides is 1. The molecule has 0 aliphatic rings. The lowest BCUT2D eigenvalue weighted by molar-refractivity contribution is 0.0956. The number of carbonyl (C=O) groups excluding carboxylic acids is 1. The van der Waals surface area contributed by atoms with Gasteiger partial charge in [-0.2, -0.15) is 0 Å². The second kappa shape index (κ2) is 8.94. The molecular formula is C17H17Cl2NO3S2. The van der Waals surface area contributed by atoms with E-state index in [0.717, 1.165) is 16.7 Å². The number of thioether (sulfide) groups is 1. The molecule has 0 fully saturated rings. The molecule has 0 aromatic heterocycles. The predicted octanol–water partition coefficient (Wildman–Crippen LogP) is 4.06. The second-order valence-corrected chi connectivity index (χ2v) is 9.57. The maximum Gasteiger partial charge on any atom is 0.251 e. The normalized spacial score (nSPS) is 11.3. The minimum Gasteiger partial charge on any atom is -0.351 e. The van der Waals surface area contributed by atoms with Crippen molar-refractivity contribution in [2.24, 2.45) is 0 Å². The Kier molecular flexibility index (Phi) is 7.19. The van der Waals surface area contributed by atoms with Crippen LogP contribution in [-0.4, -0.2) is 32.9 Å². The van der Waals surface area contributed by atoms with Gasteiger partial charge in [-0.3, -0.25) is 4.79 Å². The number of sulfone groups is 1. The van der Waals surface area contributed by atoms with Gasteiger partial charge in [-0.15, -0.1) is 11.8 Å². The molecule has 0 atom stereocenters. The van der Waals surface area contributed by atoms with Crippen molar-refractivity contribution in [1.29, 1.82) is 0 Å². The fourth-order valence-electron chi connectivity index (χ4n) is 2.00. The van der Waals surface area contributed by atoms with Crippen molar-refractivity contribution in [1.82, 2.24) is 5.32 Å². The van der Waals surface area contributed by atoms with E-state index in [-0.39, 0.29) is 18.2 Å². The van der Waals surface area contributed by atoms with Crippen molar-refractivity contribution in [2.75, 3.05) is 18.6 Å². The van der Waals surface area contributed by atoms with Crippen LogP contribution in [-0.2, 0) is 15.6 Å². The van der Waals surface area contributed by atoms with Gasteiger partial charge in [-0.1, -0.05) is 35.3 Å². The average molecular weight is 418 g/mol. The Morgan fingerprint density at radius 1 is 1.16 bits per heavy atom. The molecule has 1 N–H and O–H groups in total. The Hall–Kier alpha value is -1.21. The lowest BCUT2D eigenvalue weighted by Crippen LogP contribution is -2.28. The van der Waals surface area contributed by atoms with Crippen LogP contribution in [0.4, 0.5) is 0 Å². The largest absolute Gasteiger partial charge is 0.351 e. The highest BCUT2D eigenvalue weighted by molar-refractivity contribution is 7.98. The number of benzene rings is 2. The number of nitrogens with one attached hydrogen (secondary N) is 1. The van der Waals surface area contributed by atoms with Crippen molar-refractivity contribution in [3.05, 3.63) is 63.6 Å². The Balaban J connectivity index is 1.98. The van der Waals surface area contributed by atoms with Gasteiger partial charge in [0.2, 0.25) is 0 Å². The zero-order valence-corrected chi connectivity index (χ0v) is 16.6. The molecule has 0 aliphatic carbocycles. The molecule has 2 aromatic rings. The lowest BCUT2D eigenvalue weighted by atomic mass is 10.1. The summed E-state index contributed by atoms with van der Waals surface area (Å²) >= 11 is 13.7. The molecule has 0 radical (unpaired) electrons. The topological polar surface area (TPSA) is 63.2 Å². The van der Waals surface area contributed by atoms with E-state index >= 15 is 0 Å². The van der Waals surface area contributed by atoms with Gasteiger partial charge in [-0.05, 0) is 35.9 Å². The number of hydrogen-bond donors (Lipinski definition) is 1. The fraction of sp³-hybridized carbons (Fsp3) is 0.235. The summed E-state index contributed by atoms with van der Waals surface area (Å²) in [5.41, 5.74) is 1.44. The van der Waals surface area contributed by atoms with Gasteiger partial charge in [0.05, 0.1) is 10.8 Å². The molecule has 134 valence electrons. The summed E-state index contributed by atoms with van der Waals surface area (Å²) in [6.07, 6.45) is 1.14. The van der Waals surface area contributed by atoms with E-state index in [1.807, 2.05) is 6.07 Å². The minimum absolute atomic E-state index is 0.0818. The van der Waals surface area contributed by atoms with Crippen LogP contribution in [0.1, 0.15) is 15.9 Å². The first kappa shape index (κ1) is 20.1. The molecule has 0 saturated carbocycles. The van der Waals surface area contributed by atoms with E-state index in [9.17, 15) is 13.2 Å². The van der Waals surface area contributed by atoms with Gasteiger partial charge in [-0.25, -0.2) is 8.42 Å². The molecule has 0 spiro atoms. The van der Waals surface area contributed by atoms with Crippen LogP contribution in [0.2, 0.25) is 10.0 Å². The van der Waals surface area contributed by atoms with Crippen molar-refractivity contribution in [3.8, 4) is 0 Å². The summed E-state index contributed by atoms with van der Waals surface area (Å²) in [5, 5.41) is 3.85. The molecule has 0 bridgehead atoms. The number of halogens is 2. The standard InChI is InChI=1S/C17H17Cl2NO3S2/c1-25(22,23)8-7-20-17(21)13-4-2-3-12(9-13)11-24-16-10-14(18)5-6-15(16)19/h2-6,9-10H,7-8,11H2,1H3,(H,20,21). The van der Waals surface area contributed by atoms with E-state index in [1.165, 1.54) is 11.8 Å². The van der Waals surface area contributed by atoms with E-state index in [1.54, 1.807) is 36.4 Å². The molecule has 8 heteroatoms. The van der Waals surface area contributed by atoms with Gasteiger partial charge >= 0.3 is 0 Å². The second-order valence-electron chi connectivity index (χ2n) is 5.45. The van der Waals surface area contributed by atoms with Gasteiger partial charge in [0.15, 0.2) is 0 Å². The summed E-state index contributed by atoms with van der Waals surface area (Å²) in [6.45, 7) is 0.0920. The molecule has 2 rings (SSSR count). The fourth-order valence-corrected chi connectivity index (χ4v) is 3.91. The highest BCUT2D eigenvalue weighted by Gasteiger charge is 2.09. The Bertz CT molecular complexity index is 870. The third-order valence-corrected chi connectivity index (χ3v) is 5.98. The Morgan fingerprint density at radius 2 is 1.92 bits per heavy atom. The summed E-state index contributed by atoms with van der Waals surface area (Å²) in [7, 11) is -3.10. The van der Waals surface area contributed by atoms with Crippen molar-refractivity contribution < 1.29 is 13.2 Å². The van der Waals surface area contributed by atoms with Gasteiger partial charge in [0.1, 0.15) is 9.84 Å². The highest BCUT2D eigenvalue weighted by atomic mass is 35.5. The van der Waals surface area contributed by atoms with Crippen LogP contribution in [0.15, 0.2) is 47.4 Å².